The van der Waals surface area contributed by atoms with Gasteiger partial charge in [0, 0.05) is 36.0 Å². The highest BCUT2D eigenvalue weighted by Gasteiger charge is 2.37. The van der Waals surface area contributed by atoms with Gasteiger partial charge in [-0.25, -0.2) is 4.98 Å². The molecule has 11 heteroatoms. The molecule has 0 saturated heterocycles. The summed E-state index contributed by atoms with van der Waals surface area (Å²) in [6, 6.07) is 20.0. The molecule has 1 amide bonds. The van der Waals surface area contributed by atoms with Crippen LogP contribution in [0.2, 0.25) is 0 Å². The van der Waals surface area contributed by atoms with Crippen LogP contribution in [0.3, 0.4) is 0 Å². The van der Waals surface area contributed by atoms with E-state index in [1.807, 2.05) is 72.3 Å². The number of rotatable bonds is 7. The zero-order valence-electron chi connectivity index (χ0n) is 19.9. The van der Waals surface area contributed by atoms with Gasteiger partial charge in [-0.3, -0.25) is 4.79 Å². The first-order valence-corrected chi connectivity index (χ1v) is 12.3. The Morgan fingerprint density at radius 3 is 1.89 bits per heavy atom. The molecule has 1 aromatic heterocycles. The number of benzene rings is 3. The van der Waals surface area contributed by atoms with E-state index < -0.39 is 35.0 Å². The Balaban J connectivity index is 1.50. The molecule has 0 aliphatic heterocycles. The van der Waals surface area contributed by atoms with Crippen LogP contribution in [-0.4, -0.2) is 27.8 Å². The lowest BCUT2D eigenvalue weighted by Gasteiger charge is -2.14. The normalized spacial score (nSPS) is 12.0. The summed E-state index contributed by atoms with van der Waals surface area (Å²) < 4.78 is 80.5. The van der Waals surface area contributed by atoms with E-state index in [9.17, 15) is 31.1 Å². The molecule has 1 heterocycles. The minimum Gasteiger partial charge on any atom is -0.351 e. The summed E-state index contributed by atoms with van der Waals surface area (Å²) in [5, 5.41) is 3.03. The quantitative estimate of drug-likeness (QED) is 0.149. The smallest absolute Gasteiger partial charge is 0.351 e. The number of halogens is 6. The fourth-order valence-electron chi connectivity index (χ4n) is 3.83. The Bertz CT molecular complexity index is 1380. The van der Waals surface area contributed by atoms with E-state index >= 15 is 0 Å². The second kappa shape index (κ2) is 10.9. The van der Waals surface area contributed by atoms with Gasteiger partial charge in [-0.1, -0.05) is 72.4 Å². The lowest BCUT2D eigenvalue weighted by molar-refractivity contribution is -0.143. The van der Waals surface area contributed by atoms with Gasteiger partial charge in [0.2, 0.25) is 0 Å². The molecule has 4 nitrogen and oxygen atoms in total. The summed E-state index contributed by atoms with van der Waals surface area (Å²) in [6.07, 6.45) is -10.1. The summed E-state index contributed by atoms with van der Waals surface area (Å²) in [5.41, 5.74) is -0.296. The van der Waals surface area contributed by atoms with E-state index in [-0.39, 0.29) is 18.4 Å². The highest BCUT2D eigenvalue weighted by Crippen LogP contribution is 2.37. The van der Waals surface area contributed by atoms with Crippen LogP contribution in [0.5, 0.6) is 0 Å². The van der Waals surface area contributed by atoms with Gasteiger partial charge in [0.15, 0.2) is 5.16 Å². The number of carbonyl (C=O) groups excluding carboxylic acids is 1. The molecule has 4 aromatic rings. The minimum atomic E-state index is -5.03. The van der Waals surface area contributed by atoms with Crippen molar-refractivity contribution in [2.45, 2.75) is 17.5 Å². The summed E-state index contributed by atoms with van der Waals surface area (Å²) >= 11 is 1.30. The van der Waals surface area contributed by atoms with E-state index in [1.54, 1.807) is 0 Å². The van der Waals surface area contributed by atoms with Crippen molar-refractivity contribution in [2.24, 2.45) is 7.05 Å². The van der Waals surface area contributed by atoms with E-state index in [1.165, 1.54) is 11.8 Å². The van der Waals surface area contributed by atoms with Gasteiger partial charge < -0.3 is 9.88 Å². The summed E-state index contributed by atoms with van der Waals surface area (Å²) in [4.78, 5) is 17.2. The molecule has 0 spiro atoms. The van der Waals surface area contributed by atoms with E-state index in [4.69, 9.17) is 4.98 Å². The van der Waals surface area contributed by atoms with Crippen molar-refractivity contribution in [3.63, 3.8) is 0 Å². The zero-order chi connectivity index (χ0) is 27.5. The van der Waals surface area contributed by atoms with Crippen molar-refractivity contribution in [3.05, 3.63) is 95.6 Å². The Morgan fingerprint density at radius 2 is 1.37 bits per heavy atom. The number of aromatic nitrogens is 2. The maximum Gasteiger partial charge on any atom is 0.416 e. The molecule has 198 valence electrons. The van der Waals surface area contributed by atoms with Crippen LogP contribution >= 0.6 is 11.8 Å². The molecule has 4 rings (SSSR count). The van der Waals surface area contributed by atoms with E-state index in [0.29, 0.717) is 17.3 Å². The fourth-order valence-corrected chi connectivity index (χ4v) is 4.65. The third-order valence-electron chi connectivity index (χ3n) is 5.62. The predicted octanol–water partition coefficient (Wildman–Crippen LogP) is 7.31. The maximum atomic E-state index is 13.1. The highest BCUT2D eigenvalue weighted by atomic mass is 32.2. The number of alkyl halides is 6. The zero-order valence-corrected chi connectivity index (χ0v) is 20.7. The first-order valence-electron chi connectivity index (χ1n) is 11.3. The van der Waals surface area contributed by atoms with E-state index in [0.717, 1.165) is 22.5 Å². The van der Waals surface area contributed by atoms with Crippen molar-refractivity contribution < 1.29 is 31.1 Å². The summed E-state index contributed by atoms with van der Waals surface area (Å²) in [5.74, 6) is -0.749. The van der Waals surface area contributed by atoms with Crippen molar-refractivity contribution in [1.82, 2.24) is 14.9 Å². The lowest BCUT2D eigenvalue weighted by Crippen LogP contribution is -2.26. The van der Waals surface area contributed by atoms with Crippen LogP contribution < -0.4 is 5.32 Å². The topological polar surface area (TPSA) is 46.9 Å². The Hall–Kier alpha value is -3.73. The first-order chi connectivity index (χ1) is 17.9. The number of hydrogen-bond donors (Lipinski definition) is 1. The van der Waals surface area contributed by atoms with Gasteiger partial charge in [0.1, 0.15) is 0 Å². The van der Waals surface area contributed by atoms with Gasteiger partial charge in [-0.2, -0.15) is 26.3 Å². The molecular weight excluding hydrogens is 528 g/mol. The van der Waals surface area contributed by atoms with Crippen LogP contribution in [0.1, 0.15) is 21.5 Å². The van der Waals surface area contributed by atoms with Crippen LogP contribution in [0.15, 0.2) is 84.0 Å². The molecule has 0 fully saturated rings. The van der Waals surface area contributed by atoms with Crippen LogP contribution in [0.25, 0.3) is 22.5 Å². The number of imidazole rings is 1. The molecule has 1 N–H and O–H groups in total. The third kappa shape index (κ3) is 6.21. The highest BCUT2D eigenvalue weighted by molar-refractivity contribution is 7.99. The average Bonchev–Trinajstić information content (AvgIpc) is 3.22. The molecule has 0 bridgehead atoms. The van der Waals surface area contributed by atoms with Crippen LogP contribution in [0.4, 0.5) is 26.3 Å². The second-order valence-electron chi connectivity index (χ2n) is 8.28. The Morgan fingerprint density at radius 1 is 0.842 bits per heavy atom. The van der Waals surface area contributed by atoms with Gasteiger partial charge in [-0.05, 0) is 18.2 Å². The van der Waals surface area contributed by atoms with Gasteiger partial charge in [-0.15, -0.1) is 0 Å². The number of carbonyl (C=O) groups is 1. The maximum absolute atomic E-state index is 13.1. The SMILES string of the molecule is Cn1c(SCCNC(=O)c2cc(C(F)(F)F)cc(C(F)(F)F)c2)nc(-c2ccccc2)c1-c1ccccc1. The van der Waals surface area contributed by atoms with Crippen LogP contribution in [0, 0.1) is 0 Å². The molecular formula is C27H21F6N3OS. The van der Waals surface area contributed by atoms with Gasteiger partial charge in [0.05, 0.1) is 22.5 Å². The molecule has 0 aliphatic carbocycles. The van der Waals surface area contributed by atoms with Crippen LogP contribution in [-0.2, 0) is 19.4 Å². The number of thioether (sulfide) groups is 1. The fraction of sp³-hybridized carbons (Fsp3) is 0.185. The van der Waals surface area contributed by atoms with Crippen molar-refractivity contribution in [1.29, 1.82) is 0 Å². The van der Waals surface area contributed by atoms with E-state index in [2.05, 4.69) is 5.32 Å². The van der Waals surface area contributed by atoms with Gasteiger partial charge in [0.25, 0.3) is 5.91 Å². The van der Waals surface area contributed by atoms with Crippen molar-refractivity contribution in [3.8, 4) is 22.5 Å². The number of hydrogen-bond acceptors (Lipinski definition) is 3. The average molecular weight is 550 g/mol. The molecule has 0 atom stereocenters. The van der Waals surface area contributed by atoms with Crippen molar-refractivity contribution >= 4 is 17.7 Å². The Kier molecular flexibility index (Phi) is 7.86. The Labute approximate surface area is 218 Å². The summed E-state index contributed by atoms with van der Waals surface area (Å²) in [6.45, 7) is -0.00467. The third-order valence-corrected chi connectivity index (χ3v) is 6.65. The standard InChI is InChI=1S/C27H21F6N3OS/c1-36-23(18-10-6-3-7-11-18)22(17-8-4-2-5-9-17)35-25(36)38-13-12-34-24(37)19-14-20(26(28,29)30)16-21(15-19)27(31,32)33/h2-11,14-16H,12-13H2,1H3,(H,34,37). The minimum absolute atomic E-state index is 0.00467. The molecule has 0 unspecified atom stereocenters. The number of amides is 1. The monoisotopic (exact) mass is 549 g/mol. The summed E-state index contributed by atoms with van der Waals surface area (Å²) in [7, 11) is 1.85. The molecule has 0 saturated carbocycles. The molecule has 0 aliphatic rings. The van der Waals surface area contributed by atoms with Crippen molar-refractivity contribution in [2.75, 3.05) is 12.3 Å². The van der Waals surface area contributed by atoms with Gasteiger partial charge >= 0.3 is 12.4 Å². The molecule has 3 aromatic carbocycles. The number of nitrogens with zero attached hydrogens (tertiary/aromatic N) is 2. The number of nitrogens with one attached hydrogen (secondary N) is 1. The lowest BCUT2D eigenvalue weighted by atomic mass is 10.0. The molecule has 0 radical (unpaired) electrons. The predicted molar refractivity (Wildman–Crippen MR) is 134 cm³/mol. The first kappa shape index (κ1) is 27.3. The molecule has 38 heavy (non-hydrogen) atoms. The second-order valence-corrected chi connectivity index (χ2v) is 9.34. The largest absolute Gasteiger partial charge is 0.416 e.